The number of amides is 1. The van der Waals surface area contributed by atoms with Gasteiger partial charge in [0.05, 0.1) is 12.6 Å². The first-order valence-corrected chi connectivity index (χ1v) is 10.3. The van der Waals surface area contributed by atoms with Crippen molar-refractivity contribution in [2.24, 2.45) is 10.9 Å². The van der Waals surface area contributed by atoms with Crippen LogP contribution < -0.4 is 11.2 Å². The van der Waals surface area contributed by atoms with Gasteiger partial charge in [0.1, 0.15) is 0 Å². The van der Waals surface area contributed by atoms with Crippen LogP contribution in [-0.4, -0.2) is 45.5 Å². The number of hydrogen-bond acceptors (Lipinski definition) is 5. The summed E-state index contributed by atoms with van der Waals surface area (Å²) in [4.78, 5) is 22.9. The summed E-state index contributed by atoms with van der Waals surface area (Å²) in [5, 5.41) is 15.1. The van der Waals surface area contributed by atoms with Crippen molar-refractivity contribution >= 4 is 28.9 Å². The van der Waals surface area contributed by atoms with Gasteiger partial charge >= 0.3 is 5.97 Å². The molecule has 1 amide bonds. The van der Waals surface area contributed by atoms with Gasteiger partial charge < -0.3 is 16.3 Å². The summed E-state index contributed by atoms with van der Waals surface area (Å²) in [7, 11) is -1.01. The molecule has 0 radical (unpaired) electrons. The van der Waals surface area contributed by atoms with Gasteiger partial charge in [-0.3, -0.25) is 13.8 Å². The molecule has 7 nitrogen and oxygen atoms in total. The number of rotatable bonds is 12. The summed E-state index contributed by atoms with van der Waals surface area (Å²) in [5.41, 5.74) is 2.11. The molecular weight excluding hydrogens is 354 g/mol. The first kappa shape index (κ1) is 21.8. The van der Waals surface area contributed by atoms with Gasteiger partial charge in [0, 0.05) is 35.3 Å². The molecule has 0 heterocycles. The van der Waals surface area contributed by atoms with Gasteiger partial charge in [-0.05, 0) is 36.8 Å². The maximum Gasteiger partial charge on any atom is 0.305 e. The van der Waals surface area contributed by atoms with E-state index in [2.05, 4.69) is 10.4 Å². The van der Waals surface area contributed by atoms with E-state index in [0.29, 0.717) is 18.6 Å². The summed E-state index contributed by atoms with van der Waals surface area (Å²) in [5.74, 6) is 4.35. The Morgan fingerprint density at radius 2 is 2.00 bits per heavy atom. The van der Waals surface area contributed by atoms with E-state index in [1.165, 1.54) is 5.56 Å². The van der Waals surface area contributed by atoms with Crippen molar-refractivity contribution in [3.8, 4) is 0 Å². The maximum absolute atomic E-state index is 12.0. The lowest BCUT2D eigenvalue weighted by molar-refractivity contribution is -0.137. The number of carboxylic acids is 1. The third-order valence-corrected chi connectivity index (χ3v) is 4.67. The Bertz CT molecular complexity index is 632. The zero-order valence-electron chi connectivity index (χ0n) is 15.0. The Balaban J connectivity index is 2.32. The van der Waals surface area contributed by atoms with E-state index in [-0.39, 0.29) is 12.3 Å². The molecule has 0 saturated heterocycles. The Morgan fingerprint density at radius 1 is 1.31 bits per heavy atom. The lowest BCUT2D eigenvalue weighted by Gasteiger charge is -2.16. The van der Waals surface area contributed by atoms with Crippen LogP contribution in [0.1, 0.15) is 43.2 Å². The fourth-order valence-corrected chi connectivity index (χ4v) is 3.13. The number of aryl methyl sites for hydroxylation is 1. The molecule has 1 rings (SSSR count). The Morgan fingerprint density at radius 3 is 2.58 bits per heavy atom. The minimum Gasteiger partial charge on any atom is -0.481 e. The number of carbonyl (C=O) groups excluding carboxylic acids is 1. The van der Waals surface area contributed by atoms with Crippen molar-refractivity contribution in [3.63, 3.8) is 0 Å². The largest absolute Gasteiger partial charge is 0.481 e. The second-order valence-electron chi connectivity index (χ2n) is 6.16. The summed E-state index contributed by atoms with van der Waals surface area (Å²) < 4.78 is 11.2. The second kappa shape index (κ2) is 12.2. The molecule has 0 spiro atoms. The van der Waals surface area contributed by atoms with Crippen LogP contribution in [0.15, 0.2) is 29.4 Å². The zero-order chi connectivity index (χ0) is 19.4. The van der Waals surface area contributed by atoms with Crippen LogP contribution in [0, 0.1) is 0 Å². The van der Waals surface area contributed by atoms with Crippen LogP contribution in [0.4, 0.5) is 0 Å². The normalized spacial score (nSPS) is 13.4. The van der Waals surface area contributed by atoms with E-state index in [4.69, 9.17) is 10.9 Å². The molecule has 26 heavy (non-hydrogen) atoms. The second-order valence-corrected chi connectivity index (χ2v) is 7.71. The molecule has 0 saturated carbocycles. The summed E-state index contributed by atoms with van der Waals surface area (Å²) in [6.45, 7) is 0. The lowest BCUT2D eigenvalue weighted by Crippen LogP contribution is -2.37. The Kier molecular flexibility index (Phi) is 10.2. The van der Waals surface area contributed by atoms with E-state index < -0.39 is 22.8 Å². The number of aliphatic carboxylic acids is 1. The Labute approximate surface area is 156 Å². The number of carbonyl (C=O) groups is 2. The molecule has 144 valence electrons. The molecule has 4 N–H and O–H groups in total. The van der Waals surface area contributed by atoms with Gasteiger partial charge in [-0.1, -0.05) is 24.3 Å². The van der Waals surface area contributed by atoms with Crippen LogP contribution >= 0.6 is 0 Å². The van der Waals surface area contributed by atoms with Crippen LogP contribution in [-0.2, 0) is 26.8 Å². The molecule has 0 aliphatic carbocycles. The van der Waals surface area contributed by atoms with E-state index in [1.807, 2.05) is 24.3 Å². The van der Waals surface area contributed by atoms with Gasteiger partial charge in [0.25, 0.3) is 0 Å². The van der Waals surface area contributed by atoms with Crippen LogP contribution in [0.2, 0.25) is 0 Å². The van der Waals surface area contributed by atoms with Gasteiger partial charge in [0.15, 0.2) is 0 Å². The van der Waals surface area contributed by atoms with Crippen molar-refractivity contribution in [1.29, 1.82) is 0 Å². The third kappa shape index (κ3) is 9.93. The number of nitrogens with two attached hydrogens (primary N) is 1. The lowest BCUT2D eigenvalue weighted by atomic mass is 10.0. The fourth-order valence-electron chi connectivity index (χ4n) is 2.52. The van der Waals surface area contributed by atoms with E-state index >= 15 is 0 Å². The number of nitrogens with one attached hydrogen (secondary N) is 1. The summed E-state index contributed by atoms with van der Waals surface area (Å²) >= 11 is 0. The van der Waals surface area contributed by atoms with E-state index in [1.54, 1.807) is 12.5 Å². The van der Waals surface area contributed by atoms with Gasteiger partial charge in [-0.15, -0.1) is 0 Å². The molecule has 0 bridgehead atoms. The molecule has 0 aliphatic rings. The highest BCUT2D eigenvalue weighted by atomic mass is 32.2. The number of hydrogen-bond donors (Lipinski definition) is 3. The smallest absolute Gasteiger partial charge is 0.305 e. The number of benzene rings is 1. The van der Waals surface area contributed by atoms with Crippen LogP contribution in [0.25, 0.3) is 0 Å². The van der Waals surface area contributed by atoms with Gasteiger partial charge in [-0.2, -0.15) is 5.10 Å². The van der Waals surface area contributed by atoms with Gasteiger partial charge in [-0.25, -0.2) is 0 Å². The Hall–Kier alpha value is -2.22. The zero-order valence-corrected chi connectivity index (χ0v) is 15.8. The number of nitrogens with zero attached hydrogens (tertiary/aromatic N) is 1. The highest BCUT2D eigenvalue weighted by Gasteiger charge is 2.16. The maximum atomic E-state index is 12.0. The van der Waals surface area contributed by atoms with Crippen molar-refractivity contribution < 1.29 is 18.9 Å². The minimum absolute atomic E-state index is 0.151. The number of hydrazone groups is 1. The molecule has 1 aromatic carbocycles. The topological polar surface area (TPSA) is 122 Å². The van der Waals surface area contributed by atoms with Crippen molar-refractivity contribution in [3.05, 3.63) is 35.4 Å². The molecule has 2 unspecified atom stereocenters. The van der Waals surface area contributed by atoms with E-state index in [0.717, 1.165) is 24.8 Å². The standard InChI is InChI=1S/C18H27N3O4S/c1-26(25)11-10-16(12-18(23)24)21-17(22)5-3-2-4-14-6-8-15(9-7-14)13-20-19/h6-9,13,16H,2-5,10-12,19H2,1H3,(H,21,22)(H,23,24). The SMILES string of the molecule is CS(=O)CCC(CC(=O)O)NC(=O)CCCCc1ccc(C=NN)cc1. The monoisotopic (exact) mass is 381 g/mol. The average Bonchev–Trinajstić information content (AvgIpc) is 2.58. The first-order valence-electron chi connectivity index (χ1n) is 8.54. The molecule has 0 aromatic heterocycles. The predicted molar refractivity (Wildman–Crippen MR) is 104 cm³/mol. The molecule has 1 aromatic rings. The van der Waals surface area contributed by atoms with Gasteiger partial charge in [0.2, 0.25) is 5.91 Å². The first-order chi connectivity index (χ1) is 12.4. The van der Waals surface area contributed by atoms with Crippen molar-refractivity contribution in [1.82, 2.24) is 5.32 Å². The van der Waals surface area contributed by atoms with Crippen LogP contribution in [0.3, 0.4) is 0 Å². The average molecular weight is 381 g/mol. The number of carboxylic acid groups (broad SMARTS) is 1. The molecule has 0 aliphatic heterocycles. The molecule has 0 fully saturated rings. The molecule has 2 atom stereocenters. The third-order valence-electron chi connectivity index (χ3n) is 3.86. The minimum atomic E-state index is -1.01. The van der Waals surface area contributed by atoms with Crippen molar-refractivity contribution in [2.75, 3.05) is 12.0 Å². The molecule has 8 heteroatoms. The van der Waals surface area contributed by atoms with Crippen LogP contribution in [0.5, 0.6) is 0 Å². The highest BCUT2D eigenvalue weighted by Crippen LogP contribution is 2.09. The van der Waals surface area contributed by atoms with Crippen molar-refractivity contribution in [2.45, 2.75) is 44.6 Å². The van der Waals surface area contributed by atoms with E-state index in [9.17, 15) is 13.8 Å². The highest BCUT2D eigenvalue weighted by molar-refractivity contribution is 7.84. The predicted octanol–water partition coefficient (Wildman–Crippen LogP) is 1.42. The summed E-state index contributed by atoms with van der Waals surface area (Å²) in [6.07, 6.45) is 6.19. The quantitative estimate of drug-likeness (QED) is 0.219. The summed E-state index contributed by atoms with van der Waals surface area (Å²) in [6, 6.07) is 7.41. The fraction of sp³-hybridized carbons (Fsp3) is 0.500. The molecular formula is C18H27N3O4S. The number of unbranched alkanes of at least 4 members (excludes halogenated alkanes) is 1.